The first-order valence-electron chi connectivity index (χ1n) is 8.48. The Morgan fingerprint density at radius 1 is 1.12 bits per heavy atom. The normalized spacial score (nSPS) is 11.5. The molecule has 1 rings (SSSR count). The summed E-state index contributed by atoms with van der Waals surface area (Å²) in [5.74, 6) is -0.332. The van der Waals surface area contributed by atoms with Gasteiger partial charge in [0, 0.05) is 31.6 Å². The van der Waals surface area contributed by atoms with Crippen molar-refractivity contribution in [3.63, 3.8) is 0 Å². The SMILES string of the molecule is CCNC(=NCCc1cc(F)ccc1F)NCCNC(=O)C(C)(C)C.I. The number of nitrogens with zero attached hydrogens (tertiary/aromatic N) is 1. The Morgan fingerprint density at radius 2 is 1.77 bits per heavy atom. The Bertz CT molecular complexity index is 603. The largest absolute Gasteiger partial charge is 0.357 e. The second-order valence-corrected chi connectivity index (χ2v) is 6.68. The molecule has 1 aromatic carbocycles. The Kier molecular flexibility index (Phi) is 11.4. The van der Waals surface area contributed by atoms with E-state index >= 15 is 0 Å². The molecular formula is C18H29F2IN4O. The second-order valence-electron chi connectivity index (χ2n) is 6.68. The van der Waals surface area contributed by atoms with E-state index in [0.29, 0.717) is 44.1 Å². The summed E-state index contributed by atoms with van der Waals surface area (Å²) >= 11 is 0. The number of aliphatic imine (C=N–C) groups is 1. The van der Waals surface area contributed by atoms with Crippen LogP contribution in [0.25, 0.3) is 0 Å². The van der Waals surface area contributed by atoms with Crippen LogP contribution >= 0.6 is 24.0 Å². The molecule has 1 aromatic rings. The van der Waals surface area contributed by atoms with E-state index in [1.54, 1.807) is 0 Å². The van der Waals surface area contributed by atoms with Gasteiger partial charge in [-0.15, -0.1) is 24.0 Å². The number of nitrogens with one attached hydrogen (secondary N) is 3. The van der Waals surface area contributed by atoms with E-state index in [9.17, 15) is 13.6 Å². The maximum atomic E-state index is 13.6. The van der Waals surface area contributed by atoms with Gasteiger partial charge in [-0.25, -0.2) is 8.78 Å². The van der Waals surface area contributed by atoms with Gasteiger partial charge in [-0.3, -0.25) is 9.79 Å². The summed E-state index contributed by atoms with van der Waals surface area (Å²) in [6.07, 6.45) is 0.306. The van der Waals surface area contributed by atoms with Crippen molar-refractivity contribution in [1.82, 2.24) is 16.0 Å². The second kappa shape index (κ2) is 12.0. The molecule has 0 heterocycles. The van der Waals surface area contributed by atoms with Gasteiger partial charge >= 0.3 is 0 Å². The van der Waals surface area contributed by atoms with Crippen molar-refractivity contribution < 1.29 is 13.6 Å². The van der Waals surface area contributed by atoms with Crippen LogP contribution in [0.4, 0.5) is 8.78 Å². The average molecular weight is 482 g/mol. The standard InChI is InChI=1S/C18H28F2N4O.HI/c1-5-21-17(24-11-10-22-16(25)18(2,3)4)23-9-8-13-12-14(19)6-7-15(13)20;/h6-7,12H,5,8-11H2,1-4H3,(H,22,25)(H2,21,23,24);1H. The van der Waals surface area contributed by atoms with Gasteiger partial charge in [0.05, 0.1) is 0 Å². The number of halogens is 3. The zero-order valence-corrected chi connectivity index (χ0v) is 18.1. The summed E-state index contributed by atoms with van der Waals surface area (Å²) < 4.78 is 26.7. The van der Waals surface area contributed by atoms with E-state index in [0.717, 1.165) is 12.1 Å². The molecule has 5 nitrogen and oxygen atoms in total. The van der Waals surface area contributed by atoms with Crippen molar-refractivity contribution in [2.45, 2.75) is 34.1 Å². The molecule has 0 bridgehead atoms. The number of carbonyl (C=O) groups excluding carboxylic acids is 1. The van der Waals surface area contributed by atoms with E-state index < -0.39 is 17.0 Å². The van der Waals surface area contributed by atoms with Crippen LogP contribution in [0.1, 0.15) is 33.3 Å². The summed E-state index contributed by atoms with van der Waals surface area (Å²) in [5.41, 5.74) is -0.120. The first-order valence-corrected chi connectivity index (χ1v) is 8.48. The van der Waals surface area contributed by atoms with Crippen LogP contribution < -0.4 is 16.0 Å². The average Bonchev–Trinajstić information content (AvgIpc) is 2.53. The van der Waals surface area contributed by atoms with Gasteiger partial charge in [0.2, 0.25) is 5.91 Å². The maximum Gasteiger partial charge on any atom is 0.225 e. The predicted molar refractivity (Wildman–Crippen MR) is 112 cm³/mol. The van der Waals surface area contributed by atoms with Crippen LogP contribution in [-0.4, -0.2) is 38.0 Å². The molecule has 0 aliphatic heterocycles. The molecule has 26 heavy (non-hydrogen) atoms. The van der Waals surface area contributed by atoms with Gasteiger partial charge < -0.3 is 16.0 Å². The lowest BCUT2D eigenvalue weighted by Gasteiger charge is -2.18. The highest BCUT2D eigenvalue weighted by Gasteiger charge is 2.20. The molecule has 0 radical (unpaired) electrons. The minimum atomic E-state index is -0.458. The van der Waals surface area contributed by atoms with Gasteiger partial charge in [0.15, 0.2) is 5.96 Å². The van der Waals surface area contributed by atoms with Crippen LogP contribution in [0, 0.1) is 17.0 Å². The van der Waals surface area contributed by atoms with Crippen molar-refractivity contribution >= 4 is 35.8 Å². The minimum Gasteiger partial charge on any atom is -0.357 e. The number of hydrogen-bond donors (Lipinski definition) is 3. The van der Waals surface area contributed by atoms with Gasteiger partial charge in [-0.05, 0) is 37.1 Å². The molecule has 0 aliphatic rings. The lowest BCUT2D eigenvalue weighted by Crippen LogP contribution is -2.43. The Morgan fingerprint density at radius 3 is 2.38 bits per heavy atom. The molecule has 148 valence electrons. The number of carbonyl (C=O) groups is 1. The summed E-state index contributed by atoms with van der Waals surface area (Å²) in [6, 6.07) is 3.41. The maximum absolute atomic E-state index is 13.6. The third-order valence-corrected chi connectivity index (χ3v) is 3.39. The number of guanidine groups is 1. The first-order chi connectivity index (χ1) is 11.7. The highest BCUT2D eigenvalue weighted by atomic mass is 127. The topological polar surface area (TPSA) is 65.5 Å². The summed E-state index contributed by atoms with van der Waals surface area (Å²) in [7, 11) is 0. The molecule has 0 fully saturated rings. The van der Waals surface area contributed by atoms with E-state index in [1.165, 1.54) is 6.07 Å². The van der Waals surface area contributed by atoms with Gasteiger partial charge in [-0.2, -0.15) is 0 Å². The molecule has 1 amide bonds. The minimum absolute atomic E-state index is 0. The molecule has 3 N–H and O–H groups in total. The fraction of sp³-hybridized carbons (Fsp3) is 0.556. The van der Waals surface area contributed by atoms with Crippen LogP contribution in [0.3, 0.4) is 0 Å². The zero-order valence-electron chi connectivity index (χ0n) is 15.8. The van der Waals surface area contributed by atoms with Crippen molar-refractivity contribution in [3.8, 4) is 0 Å². The molecule has 8 heteroatoms. The number of amides is 1. The molecule has 0 aromatic heterocycles. The van der Waals surface area contributed by atoms with E-state index in [2.05, 4.69) is 20.9 Å². The van der Waals surface area contributed by atoms with Gasteiger partial charge in [-0.1, -0.05) is 20.8 Å². The molecule has 0 saturated carbocycles. The fourth-order valence-corrected chi connectivity index (χ4v) is 1.99. The summed E-state index contributed by atoms with van der Waals surface area (Å²) in [6.45, 7) is 9.48. The third-order valence-electron chi connectivity index (χ3n) is 3.39. The smallest absolute Gasteiger partial charge is 0.225 e. The Hall–Kier alpha value is -1.45. The number of benzene rings is 1. The number of rotatable bonds is 7. The third kappa shape index (κ3) is 9.30. The molecule has 0 atom stereocenters. The molecule has 0 spiro atoms. The van der Waals surface area contributed by atoms with Crippen molar-refractivity contribution in [2.75, 3.05) is 26.2 Å². The van der Waals surface area contributed by atoms with E-state index in [-0.39, 0.29) is 29.9 Å². The van der Waals surface area contributed by atoms with E-state index in [4.69, 9.17) is 0 Å². The summed E-state index contributed by atoms with van der Waals surface area (Å²) in [4.78, 5) is 16.1. The van der Waals surface area contributed by atoms with Gasteiger partial charge in [0.25, 0.3) is 0 Å². The Labute approximate surface area is 171 Å². The predicted octanol–water partition coefficient (Wildman–Crippen LogP) is 2.84. The number of hydrogen-bond acceptors (Lipinski definition) is 2. The fourth-order valence-electron chi connectivity index (χ4n) is 1.99. The van der Waals surface area contributed by atoms with E-state index in [1.807, 2.05) is 27.7 Å². The molecule has 0 aliphatic carbocycles. The molecule has 0 unspecified atom stereocenters. The lowest BCUT2D eigenvalue weighted by molar-refractivity contribution is -0.128. The first kappa shape index (κ1) is 24.6. The van der Waals surface area contributed by atoms with Crippen molar-refractivity contribution in [2.24, 2.45) is 10.4 Å². The monoisotopic (exact) mass is 482 g/mol. The highest BCUT2D eigenvalue weighted by Crippen LogP contribution is 2.12. The van der Waals surface area contributed by atoms with Crippen LogP contribution in [0.2, 0.25) is 0 Å². The van der Waals surface area contributed by atoms with Crippen LogP contribution in [-0.2, 0) is 11.2 Å². The quantitative estimate of drug-likeness (QED) is 0.243. The van der Waals surface area contributed by atoms with Crippen LogP contribution in [0.5, 0.6) is 0 Å². The van der Waals surface area contributed by atoms with Crippen LogP contribution in [0.15, 0.2) is 23.2 Å². The van der Waals surface area contributed by atoms with Crippen molar-refractivity contribution in [3.05, 3.63) is 35.4 Å². The zero-order chi connectivity index (χ0) is 18.9. The Balaban J connectivity index is 0.00000625. The molecule has 0 saturated heterocycles. The highest BCUT2D eigenvalue weighted by molar-refractivity contribution is 14.0. The van der Waals surface area contributed by atoms with Gasteiger partial charge in [0.1, 0.15) is 11.6 Å². The van der Waals surface area contributed by atoms with Crippen molar-refractivity contribution in [1.29, 1.82) is 0 Å². The molecular weight excluding hydrogens is 453 g/mol. The summed E-state index contributed by atoms with van der Waals surface area (Å²) in [5, 5.41) is 9.01. The lowest BCUT2D eigenvalue weighted by atomic mass is 9.96.